The molecule has 3 nitrogen and oxygen atoms in total. The lowest BCUT2D eigenvalue weighted by atomic mass is 9.74. The predicted octanol–water partition coefficient (Wildman–Crippen LogP) is 3.47. The molecule has 3 heteroatoms. The van der Waals surface area contributed by atoms with Crippen LogP contribution in [-0.2, 0) is 4.79 Å². The lowest BCUT2D eigenvalue weighted by Gasteiger charge is -2.47. The molecule has 3 rings (SSSR count). The van der Waals surface area contributed by atoms with E-state index in [0.717, 1.165) is 25.3 Å². The van der Waals surface area contributed by atoms with Crippen molar-refractivity contribution in [1.82, 2.24) is 4.90 Å². The zero-order valence-corrected chi connectivity index (χ0v) is 13.5. The van der Waals surface area contributed by atoms with E-state index in [4.69, 9.17) is 5.73 Å². The number of carbonyl (C=O) groups is 1. The minimum Gasteiger partial charge on any atom is -0.339 e. The molecule has 0 unspecified atom stereocenters. The average molecular weight is 292 g/mol. The van der Waals surface area contributed by atoms with Crippen LogP contribution in [0, 0.1) is 11.3 Å². The average Bonchev–Trinajstić information content (AvgIpc) is 2.80. The Hall–Kier alpha value is -0.570. The van der Waals surface area contributed by atoms with Crippen LogP contribution < -0.4 is 5.73 Å². The standard InChI is InChI=1S/C18H32N2O/c19-14-18(11-5-1-2-6-12-18)17(21)20-13-7-9-15-8-3-4-10-16(15)20/h15-16H,1-14,19H2/t15-,16-/m1/s1. The second-order valence-electron chi connectivity index (χ2n) is 7.65. The van der Waals surface area contributed by atoms with Crippen LogP contribution in [0.5, 0.6) is 0 Å². The van der Waals surface area contributed by atoms with E-state index in [9.17, 15) is 4.79 Å². The topological polar surface area (TPSA) is 46.3 Å². The van der Waals surface area contributed by atoms with Gasteiger partial charge in [0.25, 0.3) is 0 Å². The minimum absolute atomic E-state index is 0.226. The van der Waals surface area contributed by atoms with Gasteiger partial charge in [-0.25, -0.2) is 0 Å². The molecular formula is C18H32N2O. The van der Waals surface area contributed by atoms with Gasteiger partial charge in [-0.2, -0.15) is 0 Å². The van der Waals surface area contributed by atoms with E-state index >= 15 is 0 Å². The summed E-state index contributed by atoms with van der Waals surface area (Å²) in [7, 11) is 0. The largest absolute Gasteiger partial charge is 0.339 e. The normalized spacial score (nSPS) is 33.1. The molecule has 120 valence electrons. The van der Waals surface area contributed by atoms with E-state index in [0.29, 0.717) is 18.5 Å². The Bertz CT molecular complexity index is 358. The molecule has 0 aromatic rings. The second kappa shape index (κ2) is 6.68. The maximum absolute atomic E-state index is 13.4. The van der Waals surface area contributed by atoms with E-state index < -0.39 is 0 Å². The Kier molecular flexibility index (Phi) is 4.88. The Morgan fingerprint density at radius 2 is 1.62 bits per heavy atom. The van der Waals surface area contributed by atoms with Crippen molar-refractivity contribution < 1.29 is 4.79 Å². The van der Waals surface area contributed by atoms with Crippen molar-refractivity contribution in [2.24, 2.45) is 17.1 Å². The lowest BCUT2D eigenvalue weighted by Crippen LogP contribution is -2.56. The van der Waals surface area contributed by atoms with Gasteiger partial charge in [0.05, 0.1) is 5.41 Å². The van der Waals surface area contributed by atoms with Crippen LogP contribution in [0.15, 0.2) is 0 Å². The highest BCUT2D eigenvalue weighted by Crippen LogP contribution is 2.41. The smallest absolute Gasteiger partial charge is 0.230 e. The van der Waals surface area contributed by atoms with Crippen LogP contribution in [-0.4, -0.2) is 29.9 Å². The zero-order valence-electron chi connectivity index (χ0n) is 13.5. The van der Waals surface area contributed by atoms with Gasteiger partial charge in [-0.3, -0.25) is 4.79 Å². The minimum atomic E-state index is -0.226. The van der Waals surface area contributed by atoms with Crippen LogP contribution in [0.3, 0.4) is 0 Å². The summed E-state index contributed by atoms with van der Waals surface area (Å²) in [5.41, 5.74) is 5.91. The number of carbonyl (C=O) groups excluding carboxylic acids is 1. The summed E-state index contributed by atoms with van der Waals surface area (Å²) in [5.74, 6) is 1.19. The third-order valence-electron chi connectivity index (χ3n) is 6.41. The maximum atomic E-state index is 13.4. The Labute approximate surface area is 129 Å². The summed E-state index contributed by atoms with van der Waals surface area (Å²) >= 11 is 0. The van der Waals surface area contributed by atoms with Gasteiger partial charge in [-0.15, -0.1) is 0 Å². The molecule has 1 heterocycles. The quantitative estimate of drug-likeness (QED) is 0.792. The molecule has 2 aliphatic carbocycles. The van der Waals surface area contributed by atoms with Crippen molar-refractivity contribution >= 4 is 5.91 Å². The third kappa shape index (κ3) is 2.99. The number of nitrogens with zero attached hydrogens (tertiary/aromatic N) is 1. The van der Waals surface area contributed by atoms with Crippen molar-refractivity contribution in [1.29, 1.82) is 0 Å². The Morgan fingerprint density at radius 1 is 0.952 bits per heavy atom. The fourth-order valence-electron chi connectivity index (χ4n) is 5.09. The van der Waals surface area contributed by atoms with Gasteiger partial charge in [0.1, 0.15) is 0 Å². The maximum Gasteiger partial charge on any atom is 0.230 e. The number of hydrogen-bond acceptors (Lipinski definition) is 2. The first-order valence-electron chi connectivity index (χ1n) is 9.28. The lowest BCUT2D eigenvalue weighted by molar-refractivity contribution is -0.149. The highest BCUT2D eigenvalue weighted by molar-refractivity contribution is 5.83. The number of amides is 1. The van der Waals surface area contributed by atoms with Gasteiger partial charge in [0, 0.05) is 19.1 Å². The highest BCUT2D eigenvalue weighted by Gasteiger charge is 2.44. The molecular weight excluding hydrogens is 260 g/mol. The monoisotopic (exact) mass is 292 g/mol. The number of nitrogens with two attached hydrogens (primary N) is 1. The Balaban J connectivity index is 1.78. The number of hydrogen-bond donors (Lipinski definition) is 1. The highest BCUT2D eigenvalue weighted by atomic mass is 16.2. The molecule has 1 aliphatic heterocycles. The molecule has 2 atom stereocenters. The van der Waals surface area contributed by atoms with Crippen LogP contribution in [0.1, 0.15) is 77.0 Å². The van der Waals surface area contributed by atoms with Crippen molar-refractivity contribution in [2.45, 2.75) is 83.1 Å². The van der Waals surface area contributed by atoms with Crippen LogP contribution in [0.4, 0.5) is 0 Å². The zero-order chi connectivity index (χ0) is 14.7. The molecule has 2 N–H and O–H groups in total. The third-order valence-corrected chi connectivity index (χ3v) is 6.41. The van der Waals surface area contributed by atoms with E-state index in [1.54, 1.807) is 0 Å². The molecule has 0 spiro atoms. The fraction of sp³-hybridized carbons (Fsp3) is 0.944. The van der Waals surface area contributed by atoms with Crippen LogP contribution in [0.25, 0.3) is 0 Å². The van der Waals surface area contributed by atoms with Gasteiger partial charge < -0.3 is 10.6 Å². The first kappa shape index (κ1) is 15.3. The number of rotatable bonds is 2. The first-order chi connectivity index (χ1) is 10.3. The number of piperidine rings is 1. The van der Waals surface area contributed by atoms with Gasteiger partial charge in [0.15, 0.2) is 0 Å². The van der Waals surface area contributed by atoms with E-state index in [1.807, 2.05) is 0 Å². The summed E-state index contributed by atoms with van der Waals surface area (Å²) in [6, 6.07) is 0.534. The van der Waals surface area contributed by atoms with Crippen molar-refractivity contribution in [2.75, 3.05) is 13.1 Å². The first-order valence-corrected chi connectivity index (χ1v) is 9.28. The van der Waals surface area contributed by atoms with Crippen molar-refractivity contribution in [3.8, 4) is 0 Å². The van der Waals surface area contributed by atoms with Crippen molar-refractivity contribution in [3.63, 3.8) is 0 Å². The van der Waals surface area contributed by atoms with Gasteiger partial charge in [-0.05, 0) is 44.4 Å². The van der Waals surface area contributed by atoms with E-state index in [1.165, 1.54) is 64.2 Å². The fourth-order valence-corrected chi connectivity index (χ4v) is 5.09. The summed E-state index contributed by atoms with van der Waals surface area (Å²) in [5, 5.41) is 0. The van der Waals surface area contributed by atoms with Crippen molar-refractivity contribution in [3.05, 3.63) is 0 Å². The summed E-state index contributed by atoms with van der Waals surface area (Å²) in [6.45, 7) is 1.54. The number of likely N-dealkylation sites (tertiary alicyclic amines) is 1. The predicted molar refractivity (Wildman–Crippen MR) is 85.9 cm³/mol. The summed E-state index contributed by atoms with van der Waals surface area (Å²) in [4.78, 5) is 15.6. The van der Waals surface area contributed by atoms with Gasteiger partial charge >= 0.3 is 0 Å². The molecule has 0 aromatic carbocycles. The summed E-state index contributed by atoms with van der Waals surface area (Å²) < 4.78 is 0. The van der Waals surface area contributed by atoms with Crippen LogP contribution >= 0.6 is 0 Å². The molecule has 1 saturated heterocycles. The van der Waals surface area contributed by atoms with E-state index in [-0.39, 0.29) is 5.41 Å². The molecule has 21 heavy (non-hydrogen) atoms. The SMILES string of the molecule is NCC1(C(=O)N2CCC[C@H]3CCCC[C@H]32)CCCCCC1. The molecule has 3 fully saturated rings. The second-order valence-corrected chi connectivity index (χ2v) is 7.65. The molecule has 2 saturated carbocycles. The van der Waals surface area contributed by atoms with Gasteiger partial charge in [0.2, 0.25) is 5.91 Å². The summed E-state index contributed by atoms with van der Waals surface area (Å²) in [6.07, 6.45) is 14.8. The molecule has 0 radical (unpaired) electrons. The molecule has 0 bridgehead atoms. The van der Waals surface area contributed by atoms with E-state index in [2.05, 4.69) is 4.90 Å². The van der Waals surface area contributed by atoms with Crippen LogP contribution in [0.2, 0.25) is 0 Å². The van der Waals surface area contributed by atoms with Gasteiger partial charge in [-0.1, -0.05) is 38.5 Å². The molecule has 3 aliphatic rings. The number of fused-ring (bicyclic) bond motifs is 1. The molecule has 1 amide bonds. The Morgan fingerprint density at radius 3 is 2.33 bits per heavy atom. The molecule has 0 aromatic heterocycles.